The monoisotopic (exact) mass is 944 g/mol. The molecule has 4 aliphatic heterocycles. The molecule has 0 spiro atoms. The highest BCUT2D eigenvalue weighted by molar-refractivity contribution is 7.02. The Balaban J connectivity index is 0.976. The SMILES string of the molecule is C1=Cc2c(c3ccccc3n2-c2cc3c4c(c2)N(c2ccccc2)c2cc5c(cc2B4c2ccccc2O3)B2c3ccccc3Oc3cc(-n4c6ccccc6c6ccccc64)cc(c32)N5c2ccccc2)CC1. The first-order valence-corrected chi connectivity index (χ1v) is 25.8. The lowest BCUT2D eigenvalue weighted by Gasteiger charge is -2.44. The number of nitrogens with zero attached hydrogens (tertiary/aromatic N) is 4. The van der Waals surface area contributed by atoms with Crippen LogP contribution in [0.3, 0.4) is 0 Å². The van der Waals surface area contributed by atoms with Crippen molar-refractivity contribution in [1.82, 2.24) is 9.13 Å². The minimum absolute atomic E-state index is 0.117. The molecule has 0 N–H and O–H groups in total. The van der Waals surface area contributed by atoms with Crippen LogP contribution in [0.5, 0.6) is 23.0 Å². The molecule has 1 aliphatic carbocycles. The molecule has 12 aromatic rings. The van der Waals surface area contributed by atoms with E-state index in [0.717, 1.165) is 109 Å². The molecule has 0 atom stereocenters. The highest BCUT2D eigenvalue weighted by Crippen LogP contribution is 2.48. The summed E-state index contributed by atoms with van der Waals surface area (Å²) in [5.74, 6) is 3.51. The summed E-state index contributed by atoms with van der Waals surface area (Å²) in [6.45, 7) is -0.240. The standard InChI is InChI=1S/C66H42B2N4O2/c1-3-19-41(20-4-1)69-57-40-58-52(39-51(57)67-49-27-11-17-33-61(49)73-63-37-43(35-59(69)65(63)67)71-53-29-13-7-23-45(53)46-24-8-14-30-54(46)71)68-50-28-12-18-34-62(50)74-64-38-44(36-60(66(64)68)70(58)42-21-5-2-6-22-42)72-55-31-15-9-25-47(55)48-26-10-16-32-56(48)72/h1-9,11-25,27-40H,10,26H2. The zero-order valence-electron chi connectivity index (χ0n) is 40.1. The predicted octanol–water partition coefficient (Wildman–Crippen LogP) is 12.5. The number of rotatable bonds is 4. The molecule has 0 amide bonds. The number of hydrogen-bond acceptors (Lipinski definition) is 4. The third-order valence-electron chi connectivity index (χ3n) is 16.4. The van der Waals surface area contributed by atoms with Crippen molar-refractivity contribution in [2.45, 2.75) is 12.8 Å². The molecule has 0 radical (unpaired) electrons. The number of aryl methyl sites for hydroxylation is 1. The molecule has 0 bridgehead atoms. The third kappa shape index (κ3) is 5.46. The number of aromatic nitrogens is 2. The molecule has 6 heterocycles. The Kier molecular flexibility index (Phi) is 8.20. The van der Waals surface area contributed by atoms with Gasteiger partial charge in [0.2, 0.25) is 0 Å². The Labute approximate surface area is 428 Å². The summed E-state index contributed by atoms with van der Waals surface area (Å²) in [6, 6.07) is 80.0. The van der Waals surface area contributed by atoms with E-state index in [1.165, 1.54) is 49.3 Å². The Morgan fingerprint density at radius 3 is 1.36 bits per heavy atom. The van der Waals surface area contributed by atoms with Crippen LogP contribution in [0.4, 0.5) is 34.1 Å². The zero-order valence-corrected chi connectivity index (χ0v) is 40.1. The summed E-state index contributed by atoms with van der Waals surface area (Å²) in [5.41, 5.74) is 22.0. The summed E-state index contributed by atoms with van der Waals surface area (Å²) < 4.78 is 19.2. The van der Waals surface area contributed by atoms with Crippen molar-refractivity contribution >= 4 is 119 Å². The molecule has 10 aromatic carbocycles. The number of hydrogen-bond donors (Lipinski definition) is 0. The summed E-state index contributed by atoms with van der Waals surface area (Å²) in [6.07, 6.45) is 6.69. The maximum Gasteiger partial charge on any atom is 0.256 e. The fourth-order valence-electron chi connectivity index (χ4n) is 13.5. The smallest absolute Gasteiger partial charge is 0.256 e. The molecule has 0 saturated heterocycles. The molecule has 344 valence electrons. The second-order valence-electron chi connectivity index (χ2n) is 20.2. The Morgan fingerprint density at radius 1 is 0.351 bits per heavy atom. The van der Waals surface area contributed by atoms with Gasteiger partial charge in [-0.3, -0.25) is 0 Å². The van der Waals surface area contributed by atoms with Crippen LogP contribution in [0.1, 0.15) is 17.7 Å². The number of para-hydroxylation sites is 7. The highest BCUT2D eigenvalue weighted by atomic mass is 16.5. The maximum atomic E-state index is 7.18. The molecule has 2 aromatic heterocycles. The van der Waals surface area contributed by atoms with E-state index < -0.39 is 0 Å². The van der Waals surface area contributed by atoms with Crippen molar-refractivity contribution < 1.29 is 9.47 Å². The van der Waals surface area contributed by atoms with E-state index in [1.807, 2.05) is 0 Å². The minimum atomic E-state index is -0.123. The molecule has 5 aliphatic rings. The number of anilines is 6. The van der Waals surface area contributed by atoms with E-state index in [1.54, 1.807) is 0 Å². The van der Waals surface area contributed by atoms with E-state index in [4.69, 9.17) is 9.47 Å². The quantitative estimate of drug-likeness (QED) is 0.165. The molecular formula is C66H42B2N4O2. The van der Waals surface area contributed by atoms with E-state index in [9.17, 15) is 0 Å². The van der Waals surface area contributed by atoms with Crippen LogP contribution in [-0.4, -0.2) is 22.6 Å². The Morgan fingerprint density at radius 2 is 0.811 bits per heavy atom. The zero-order chi connectivity index (χ0) is 48.2. The topological polar surface area (TPSA) is 34.8 Å². The first-order chi connectivity index (χ1) is 36.7. The average Bonchev–Trinajstić information content (AvgIpc) is 3.98. The summed E-state index contributed by atoms with van der Waals surface area (Å²) in [5, 5.41) is 3.75. The van der Waals surface area contributed by atoms with Crippen LogP contribution in [0.2, 0.25) is 0 Å². The molecule has 6 nitrogen and oxygen atoms in total. The van der Waals surface area contributed by atoms with Crippen molar-refractivity contribution in [3.8, 4) is 34.4 Å². The van der Waals surface area contributed by atoms with Gasteiger partial charge in [-0.25, -0.2) is 0 Å². The highest BCUT2D eigenvalue weighted by Gasteiger charge is 2.47. The van der Waals surface area contributed by atoms with Gasteiger partial charge in [-0.2, -0.15) is 0 Å². The lowest BCUT2D eigenvalue weighted by atomic mass is 9.31. The van der Waals surface area contributed by atoms with Crippen molar-refractivity contribution in [3.63, 3.8) is 0 Å². The number of benzene rings is 10. The van der Waals surface area contributed by atoms with Crippen molar-refractivity contribution in [2.24, 2.45) is 0 Å². The average molecular weight is 945 g/mol. The molecular weight excluding hydrogens is 902 g/mol. The molecule has 17 rings (SSSR count). The number of allylic oxidation sites excluding steroid dienone is 1. The van der Waals surface area contributed by atoms with Gasteiger partial charge in [-0.05, 0) is 130 Å². The number of fused-ring (bicyclic) bond motifs is 14. The van der Waals surface area contributed by atoms with Gasteiger partial charge in [0.05, 0.1) is 27.9 Å². The van der Waals surface area contributed by atoms with Gasteiger partial charge in [0.15, 0.2) is 0 Å². The van der Waals surface area contributed by atoms with E-state index >= 15 is 0 Å². The van der Waals surface area contributed by atoms with Gasteiger partial charge in [0, 0.05) is 68.1 Å². The predicted molar refractivity (Wildman–Crippen MR) is 307 cm³/mol. The molecule has 0 saturated carbocycles. The largest absolute Gasteiger partial charge is 0.458 e. The normalized spacial score (nSPS) is 14.2. The van der Waals surface area contributed by atoms with Crippen LogP contribution in [0.25, 0.3) is 50.2 Å². The lowest BCUT2D eigenvalue weighted by molar-refractivity contribution is 0.487. The van der Waals surface area contributed by atoms with Crippen LogP contribution in [-0.2, 0) is 6.42 Å². The van der Waals surface area contributed by atoms with Crippen LogP contribution >= 0.6 is 0 Å². The summed E-state index contributed by atoms with van der Waals surface area (Å²) >= 11 is 0. The Hall–Kier alpha value is -9.39. The first kappa shape index (κ1) is 40.2. The van der Waals surface area contributed by atoms with Gasteiger partial charge in [-0.1, -0.05) is 140 Å². The van der Waals surface area contributed by atoms with Crippen LogP contribution in [0.15, 0.2) is 224 Å². The third-order valence-corrected chi connectivity index (χ3v) is 16.4. The molecule has 0 unspecified atom stereocenters. The Bertz CT molecular complexity index is 4370. The summed E-state index contributed by atoms with van der Waals surface area (Å²) in [4.78, 5) is 5.01. The fraction of sp³-hybridized carbons (Fsp3) is 0.0303. The second-order valence-corrected chi connectivity index (χ2v) is 20.2. The molecule has 8 heteroatoms. The second kappa shape index (κ2) is 15.1. The van der Waals surface area contributed by atoms with Crippen LogP contribution in [0, 0.1) is 0 Å². The minimum Gasteiger partial charge on any atom is -0.458 e. The lowest BCUT2D eigenvalue weighted by Crippen LogP contribution is -2.63. The van der Waals surface area contributed by atoms with Crippen LogP contribution < -0.4 is 52.1 Å². The van der Waals surface area contributed by atoms with Gasteiger partial charge in [0.25, 0.3) is 13.4 Å². The molecule has 0 fully saturated rings. The van der Waals surface area contributed by atoms with Gasteiger partial charge >= 0.3 is 0 Å². The van der Waals surface area contributed by atoms with E-state index in [-0.39, 0.29) is 13.4 Å². The van der Waals surface area contributed by atoms with Gasteiger partial charge in [-0.15, -0.1) is 0 Å². The number of ether oxygens (including phenoxy) is 2. The van der Waals surface area contributed by atoms with Crippen molar-refractivity contribution in [2.75, 3.05) is 9.80 Å². The van der Waals surface area contributed by atoms with E-state index in [0.29, 0.717) is 0 Å². The first-order valence-electron chi connectivity index (χ1n) is 25.8. The van der Waals surface area contributed by atoms with Gasteiger partial charge < -0.3 is 28.4 Å². The molecule has 74 heavy (non-hydrogen) atoms. The fourth-order valence-corrected chi connectivity index (χ4v) is 13.5. The van der Waals surface area contributed by atoms with E-state index in [2.05, 4.69) is 249 Å². The van der Waals surface area contributed by atoms with Crippen molar-refractivity contribution in [1.29, 1.82) is 0 Å². The van der Waals surface area contributed by atoms with Crippen molar-refractivity contribution in [3.05, 3.63) is 236 Å². The van der Waals surface area contributed by atoms with Gasteiger partial charge in [0.1, 0.15) is 23.0 Å². The summed E-state index contributed by atoms with van der Waals surface area (Å²) in [7, 11) is 0. The maximum absolute atomic E-state index is 7.18.